The average molecular weight is 558 g/mol. The molecule has 3 aromatic rings. The number of benzene rings is 3. The number of anilines is 1. The normalized spacial score (nSPS) is 20.3. The highest BCUT2D eigenvalue weighted by Gasteiger charge is 2.44. The quantitative estimate of drug-likeness (QED) is 0.446. The third-order valence-corrected chi connectivity index (χ3v) is 7.82. The molecule has 2 unspecified atom stereocenters. The molecule has 0 bridgehead atoms. The van der Waals surface area contributed by atoms with Gasteiger partial charge in [0.2, 0.25) is 5.91 Å². The zero-order valence-corrected chi connectivity index (χ0v) is 23.2. The van der Waals surface area contributed by atoms with Crippen molar-refractivity contribution in [3.8, 4) is 17.2 Å². The maximum absolute atomic E-state index is 14.2. The van der Waals surface area contributed by atoms with Gasteiger partial charge in [-0.05, 0) is 48.4 Å². The van der Waals surface area contributed by atoms with E-state index >= 15 is 0 Å². The molecule has 1 N–H and O–H groups in total. The zero-order valence-electron chi connectivity index (χ0n) is 23.2. The molecule has 0 aromatic heterocycles. The SMILES string of the molecule is CCOc1ccc(C2C(C(=O)Nc3ccc4c(c3)OCCO4)c3ccccc3C(=O)N2CCN2CCOCC2)cc1. The smallest absolute Gasteiger partial charge is 0.254 e. The first-order chi connectivity index (χ1) is 20.1. The van der Waals surface area contributed by atoms with Crippen LogP contribution in [0.5, 0.6) is 17.2 Å². The van der Waals surface area contributed by atoms with Crippen LogP contribution in [0.4, 0.5) is 5.69 Å². The first-order valence-electron chi connectivity index (χ1n) is 14.3. The van der Waals surface area contributed by atoms with E-state index in [0.29, 0.717) is 74.4 Å². The number of nitrogens with one attached hydrogen (secondary N) is 1. The van der Waals surface area contributed by atoms with E-state index in [9.17, 15) is 9.59 Å². The van der Waals surface area contributed by atoms with Crippen LogP contribution in [0.2, 0.25) is 0 Å². The molecule has 6 rings (SSSR count). The molecule has 9 heteroatoms. The predicted molar refractivity (Wildman–Crippen MR) is 154 cm³/mol. The largest absolute Gasteiger partial charge is 0.494 e. The molecule has 3 aliphatic rings. The summed E-state index contributed by atoms with van der Waals surface area (Å²) in [7, 11) is 0. The lowest BCUT2D eigenvalue weighted by molar-refractivity contribution is -0.119. The van der Waals surface area contributed by atoms with E-state index in [2.05, 4.69) is 10.2 Å². The second kappa shape index (κ2) is 12.2. The van der Waals surface area contributed by atoms with Crippen LogP contribution in [-0.2, 0) is 9.53 Å². The van der Waals surface area contributed by atoms with Gasteiger partial charge in [-0.1, -0.05) is 30.3 Å². The summed E-state index contributed by atoms with van der Waals surface area (Å²) in [5.41, 5.74) is 2.76. The Balaban J connectivity index is 1.37. The van der Waals surface area contributed by atoms with E-state index in [1.165, 1.54) is 0 Å². The number of carbonyl (C=O) groups is 2. The van der Waals surface area contributed by atoms with Crippen molar-refractivity contribution in [3.63, 3.8) is 0 Å². The summed E-state index contributed by atoms with van der Waals surface area (Å²) in [6, 6.07) is 20.1. The second-order valence-corrected chi connectivity index (χ2v) is 10.3. The number of amides is 2. The Kier molecular flexibility index (Phi) is 8.07. The standard InChI is InChI=1S/C32H35N3O6/c1-2-39-24-10-7-22(8-11-24)30-29(31(36)33-23-9-12-27-28(21-23)41-20-19-40-27)25-5-3-4-6-26(25)32(37)35(30)14-13-34-15-17-38-18-16-34/h3-12,21,29-30H,2,13-20H2,1H3,(H,33,36). The van der Waals surface area contributed by atoms with Crippen molar-refractivity contribution in [1.29, 1.82) is 0 Å². The van der Waals surface area contributed by atoms with Gasteiger partial charge in [0.25, 0.3) is 5.91 Å². The highest BCUT2D eigenvalue weighted by atomic mass is 16.6. The first kappa shape index (κ1) is 27.1. The van der Waals surface area contributed by atoms with Crippen LogP contribution in [0, 0.1) is 0 Å². The van der Waals surface area contributed by atoms with Crippen LogP contribution in [0.15, 0.2) is 66.7 Å². The Hall–Kier alpha value is -4.08. The molecule has 0 radical (unpaired) electrons. The van der Waals surface area contributed by atoms with E-state index in [1.54, 1.807) is 12.1 Å². The minimum Gasteiger partial charge on any atom is -0.494 e. The first-order valence-corrected chi connectivity index (χ1v) is 14.3. The van der Waals surface area contributed by atoms with Crippen molar-refractivity contribution in [3.05, 3.63) is 83.4 Å². The fourth-order valence-corrected chi connectivity index (χ4v) is 5.83. The van der Waals surface area contributed by atoms with Crippen LogP contribution in [0.3, 0.4) is 0 Å². The highest BCUT2D eigenvalue weighted by molar-refractivity contribution is 6.04. The van der Waals surface area contributed by atoms with E-state index in [-0.39, 0.29) is 11.8 Å². The molecule has 3 aliphatic heterocycles. The number of morpholine rings is 1. The number of hydrogen-bond acceptors (Lipinski definition) is 7. The molecule has 0 saturated carbocycles. The average Bonchev–Trinajstić information content (AvgIpc) is 3.01. The minimum atomic E-state index is -0.639. The molecule has 1 fully saturated rings. The molecular formula is C32H35N3O6. The van der Waals surface area contributed by atoms with Gasteiger partial charge in [-0.25, -0.2) is 0 Å². The summed E-state index contributed by atoms with van der Waals surface area (Å²) in [5, 5.41) is 3.11. The molecule has 3 aromatic carbocycles. The molecule has 0 aliphatic carbocycles. The van der Waals surface area contributed by atoms with Gasteiger partial charge >= 0.3 is 0 Å². The summed E-state index contributed by atoms with van der Waals surface area (Å²) in [6.07, 6.45) is 0. The van der Waals surface area contributed by atoms with Gasteiger partial charge in [-0.3, -0.25) is 14.5 Å². The van der Waals surface area contributed by atoms with Gasteiger partial charge in [0.05, 0.1) is 31.8 Å². The molecular weight excluding hydrogens is 522 g/mol. The van der Waals surface area contributed by atoms with Gasteiger partial charge in [-0.2, -0.15) is 0 Å². The molecule has 3 heterocycles. The molecule has 2 amide bonds. The van der Waals surface area contributed by atoms with Crippen molar-refractivity contribution in [2.75, 3.05) is 64.5 Å². The fourth-order valence-electron chi connectivity index (χ4n) is 5.83. The lowest BCUT2D eigenvalue weighted by Gasteiger charge is -2.43. The van der Waals surface area contributed by atoms with E-state index in [0.717, 1.165) is 24.4 Å². The summed E-state index contributed by atoms with van der Waals surface area (Å²) in [4.78, 5) is 32.4. The Labute approximate surface area is 239 Å². The van der Waals surface area contributed by atoms with Gasteiger partial charge in [-0.15, -0.1) is 0 Å². The van der Waals surface area contributed by atoms with Gasteiger partial charge < -0.3 is 29.2 Å². The fraction of sp³-hybridized carbons (Fsp3) is 0.375. The molecule has 41 heavy (non-hydrogen) atoms. The van der Waals surface area contributed by atoms with Gasteiger partial charge in [0.15, 0.2) is 11.5 Å². The van der Waals surface area contributed by atoms with Crippen molar-refractivity contribution < 1.29 is 28.5 Å². The van der Waals surface area contributed by atoms with Gasteiger partial charge in [0, 0.05) is 43.5 Å². The van der Waals surface area contributed by atoms with Crippen molar-refractivity contribution in [1.82, 2.24) is 9.80 Å². The Bertz CT molecular complexity index is 1390. The van der Waals surface area contributed by atoms with E-state index < -0.39 is 12.0 Å². The van der Waals surface area contributed by atoms with Crippen molar-refractivity contribution in [2.45, 2.75) is 18.9 Å². The van der Waals surface area contributed by atoms with Crippen molar-refractivity contribution in [2.24, 2.45) is 0 Å². The van der Waals surface area contributed by atoms with E-state index in [1.807, 2.05) is 66.4 Å². The summed E-state index contributed by atoms with van der Waals surface area (Å²) >= 11 is 0. The monoisotopic (exact) mass is 557 g/mol. The molecule has 214 valence electrons. The number of rotatable bonds is 8. The highest BCUT2D eigenvalue weighted by Crippen LogP contribution is 2.44. The van der Waals surface area contributed by atoms with Crippen LogP contribution >= 0.6 is 0 Å². The molecule has 1 saturated heterocycles. The third kappa shape index (κ3) is 5.73. The molecule has 2 atom stereocenters. The molecule has 9 nitrogen and oxygen atoms in total. The maximum Gasteiger partial charge on any atom is 0.254 e. The van der Waals surface area contributed by atoms with E-state index in [4.69, 9.17) is 18.9 Å². The minimum absolute atomic E-state index is 0.0730. The van der Waals surface area contributed by atoms with Gasteiger partial charge in [0.1, 0.15) is 19.0 Å². The summed E-state index contributed by atoms with van der Waals surface area (Å²) < 4.78 is 22.6. The number of carbonyl (C=O) groups excluding carboxylic acids is 2. The predicted octanol–water partition coefficient (Wildman–Crippen LogP) is 4.11. The number of ether oxygens (including phenoxy) is 4. The Morgan fingerprint density at radius 2 is 1.68 bits per heavy atom. The van der Waals surface area contributed by atoms with Crippen LogP contribution in [0.25, 0.3) is 0 Å². The lowest BCUT2D eigenvalue weighted by atomic mass is 9.79. The molecule has 0 spiro atoms. The maximum atomic E-state index is 14.2. The van der Waals surface area contributed by atoms with Crippen LogP contribution in [0.1, 0.15) is 40.4 Å². The number of nitrogens with zero attached hydrogens (tertiary/aromatic N) is 2. The summed E-state index contributed by atoms with van der Waals surface area (Å²) in [5.74, 6) is 1.09. The van der Waals surface area contributed by atoms with Crippen molar-refractivity contribution >= 4 is 17.5 Å². The third-order valence-electron chi connectivity index (χ3n) is 7.82. The summed E-state index contributed by atoms with van der Waals surface area (Å²) in [6.45, 7) is 7.63. The number of fused-ring (bicyclic) bond motifs is 2. The number of hydrogen-bond donors (Lipinski definition) is 1. The Morgan fingerprint density at radius 3 is 2.46 bits per heavy atom. The second-order valence-electron chi connectivity index (χ2n) is 10.3. The van der Waals surface area contributed by atoms with Crippen LogP contribution in [-0.4, -0.2) is 80.8 Å². The topological polar surface area (TPSA) is 89.6 Å². The lowest BCUT2D eigenvalue weighted by Crippen LogP contribution is -2.49. The zero-order chi connectivity index (χ0) is 28.2. The Morgan fingerprint density at radius 1 is 0.927 bits per heavy atom. The van der Waals surface area contributed by atoms with Crippen LogP contribution < -0.4 is 19.5 Å².